The van der Waals surface area contributed by atoms with Crippen molar-refractivity contribution in [1.29, 1.82) is 0 Å². The Kier molecular flexibility index (Phi) is 4.88. The third kappa shape index (κ3) is 3.07. The van der Waals surface area contributed by atoms with Crippen molar-refractivity contribution in [3.8, 4) is 11.5 Å². The van der Waals surface area contributed by atoms with E-state index in [1.54, 1.807) is 37.4 Å². The molecule has 2 aromatic carbocycles. The number of halogens is 2. The molecule has 0 amide bonds. The highest BCUT2D eigenvalue weighted by atomic mass is 127. The lowest BCUT2D eigenvalue weighted by molar-refractivity contribution is 0.103. The highest BCUT2D eigenvalue weighted by Gasteiger charge is 2.18. The standard InChI is InChI=1S/C15H12ClIO3/c1-19-10-4-5-11(14(8-10)20-2)15(18)12-7-9(16)3-6-13(12)17/h3-8H,1-2H3. The zero-order valence-corrected chi connectivity index (χ0v) is 13.9. The van der Waals surface area contributed by atoms with Gasteiger partial charge in [0, 0.05) is 20.2 Å². The average Bonchev–Trinajstić information content (AvgIpc) is 2.48. The van der Waals surface area contributed by atoms with Crippen LogP contribution in [0.1, 0.15) is 15.9 Å². The first kappa shape index (κ1) is 15.1. The Bertz CT molecular complexity index is 656. The van der Waals surface area contributed by atoms with Gasteiger partial charge in [0.05, 0.1) is 19.8 Å². The molecule has 2 aromatic rings. The number of benzene rings is 2. The number of hydrogen-bond donors (Lipinski definition) is 0. The largest absolute Gasteiger partial charge is 0.497 e. The van der Waals surface area contributed by atoms with Crippen LogP contribution in [-0.4, -0.2) is 20.0 Å². The Morgan fingerprint density at radius 3 is 2.45 bits per heavy atom. The number of carbonyl (C=O) groups excluding carboxylic acids is 1. The molecule has 0 fully saturated rings. The van der Waals surface area contributed by atoms with Crippen molar-refractivity contribution in [2.45, 2.75) is 0 Å². The molecule has 0 aliphatic rings. The summed E-state index contributed by atoms with van der Waals surface area (Å²) in [5, 5.41) is 0.529. The lowest BCUT2D eigenvalue weighted by Crippen LogP contribution is -2.06. The maximum Gasteiger partial charge on any atom is 0.197 e. The highest BCUT2D eigenvalue weighted by Crippen LogP contribution is 2.29. The maximum atomic E-state index is 12.6. The number of hydrogen-bond acceptors (Lipinski definition) is 3. The summed E-state index contributed by atoms with van der Waals surface area (Å²) in [6.45, 7) is 0. The zero-order chi connectivity index (χ0) is 14.7. The summed E-state index contributed by atoms with van der Waals surface area (Å²) in [7, 11) is 3.09. The van der Waals surface area contributed by atoms with Crippen LogP contribution < -0.4 is 9.47 Å². The van der Waals surface area contributed by atoms with E-state index in [0.29, 0.717) is 27.6 Å². The van der Waals surface area contributed by atoms with Gasteiger partial charge in [0.15, 0.2) is 5.78 Å². The van der Waals surface area contributed by atoms with Gasteiger partial charge >= 0.3 is 0 Å². The van der Waals surface area contributed by atoms with E-state index in [1.807, 2.05) is 6.07 Å². The van der Waals surface area contributed by atoms with Crippen LogP contribution in [0.2, 0.25) is 5.02 Å². The second kappa shape index (κ2) is 6.45. The molecule has 104 valence electrons. The molecule has 0 aromatic heterocycles. The molecule has 0 N–H and O–H groups in total. The summed E-state index contributed by atoms with van der Waals surface area (Å²) in [5.74, 6) is 0.987. The molecule has 0 saturated carbocycles. The molecule has 0 aliphatic heterocycles. The molecule has 20 heavy (non-hydrogen) atoms. The van der Waals surface area contributed by atoms with Crippen molar-refractivity contribution in [1.82, 2.24) is 0 Å². The van der Waals surface area contributed by atoms with Crippen LogP contribution in [0.4, 0.5) is 0 Å². The molecule has 0 aliphatic carbocycles. The van der Waals surface area contributed by atoms with Crippen LogP contribution in [-0.2, 0) is 0 Å². The van der Waals surface area contributed by atoms with Gasteiger partial charge in [-0.25, -0.2) is 0 Å². The smallest absolute Gasteiger partial charge is 0.197 e. The number of methoxy groups -OCH3 is 2. The molecule has 0 spiro atoms. The van der Waals surface area contributed by atoms with Crippen molar-refractivity contribution < 1.29 is 14.3 Å². The Labute approximate surface area is 136 Å². The van der Waals surface area contributed by atoms with Crippen LogP contribution in [0.15, 0.2) is 36.4 Å². The summed E-state index contributed by atoms with van der Waals surface area (Å²) < 4.78 is 11.2. The van der Waals surface area contributed by atoms with Gasteiger partial charge in [-0.15, -0.1) is 0 Å². The molecule has 0 bridgehead atoms. The predicted octanol–water partition coefficient (Wildman–Crippen LogP) is 4.19. The summed E-state index contributed by atoms with van der Waals surface area (Å²) >= 11 is 8.07. The molecular formula is C15H12ClIO3. The average molecular weight is 403 g/mol. The lowest BCUT2D eigenvalue weighted by Gasteiger charge is -2.10. The van der Waals surface area contributed by atoms with Gasteiger partial charge in [-0.05, 0) is 52.9 Å². The van der Waals surface area contributed by atoms with Crippen molar-refractivity contribution in [3.05, 3.63) is 56.1 Å². The molecular weight excluding hydrogens is 391 g/mol. The van der Waals surface area contributed by atoms with Gasteiger partial charge in [0.1, 0.15) is 11.5 Å². The van der Waals surface area contributed by atoms with E-state index in [-0.39, 0.29) is 5.78 Å². The van der Waals surface area contributed by atoms with E-state index in [9.17, 15) is 4.79 Å². The van der Waals surface area contributed by atoms with Gasteiger partial charge in [-0.1, -0.05) is 11.6 Å². The Hall–Kier alpha value is -1.27. The van der Waals surface area contributed by atoms with E-state index in [0.717, 1.165) is 3.57 Å². The number of ketones is 1. The minimum atomic E-state index is -0.128. The molecule has 3 nitrogen and oxygen atoms in total. The molecule has 0 unspecified atom stereocenters. The predicted molar refractivity (Wildman–Crippen MR) is 87.1 cm³/mol. The molecule has 0 heterocycles. The van der Waals surface area contributed by atoms with Gasteiger partial charge in [-0.2, -0.15) is 0 Å². The first-order valence-electron chi connectivity index (χ1n) is 5.78. The summed E-state index contributed by atoms with van der Waals surface area (Å²) in [5.41, 5.74) is 1.04. The molecule has 0 atom stereocenters. The van der Waals surface area contributed by atoms with Gasteiger partial charge < -0.3 is 9.47 Å². The quantitative estimate of drug-likeness (QED) is 0.568. The highest BCUT2D eigenvalue weighted by molar-refractivity contribution is 14.1. The molecule has 2 rings (SSSR count). The second-order valence-electron chi connectivity index (χ2n) is 4.02. The first-order chi connectivity index (χ1) is 9.56. The van der Waals surface area contributed by atoms with Crippen LogP contribution in [0.5, 0.6) is 11.5 Å². The molecule has 0 radical (unpaired) electrons. The van der Waals surface area contributed by atoms with E-state index < -0.39 is 0 Å². The zero-order valence-electron chi connectivity index (χ0n) is 10.9. The number of carbonyl (C=O) groups is 1. The number of ether oxygens (including phenoxy) is 2. The molecule has 0 saturated heterocycles. The Morgan fingerprint density at radius 2 is 1.80 bits per heavy atom. The normalized spacial score (nSPS) is 10.2. The third-order valence-corrected chi connectivity index (χ3v) is 4.00. The first-order valence-corrected chi connectivity index (χ1v) is 7.24. The van der Waals surface area contributed by atoms with Gasteiger partial charge in [0.25, 0.3) is 0 Å². The van der Waals surface area contributed by atoms with Gasteiger partial charge in [0.2, 0.25) is 0 Å². The summed E-state index contributed by atoms with van der Waals surface area (Å²) in [6, 6.07) is 10.3. The van der Waals surface area contributed by atoms with Crippen LogP contribution in [0.25, 0.3) is 0 Å². The van der Waals surface area contributed by atoms with E-state index in [4.69, 9.17) is 21.1 Å². The van der Waals surface area contributed by atoms with E-state index in [1.165, 1.54) is 7.11 Å². The monoisotopic (exact) mass is 402 g/mol. The third-order valence-electron chi connectivity index (χ3n) is 2.83. The molecule has 5 heteroatoms. The summed E-state index contributed by atoms with van der Waals surface area (Å²) in [6.07, 6.45) is 0. The SMILES string of the molecule is COc1ccc(C(=O)c2cc(Cl)ccc2I)c(OC)c1. The maximum absolute atomic E-state index is 12.6. The van der Waals surface area contributed by atoms with Crippen LogP contribution in [0, 0.1) is 3.57 Å². The number of rotatable bonds is 4. The second-order valence-corrected chi connectivity index (χ2v) is 5.62. The van der Waals surface area contributed by atoms with Crippen LogP contribution in [0.3, 0.4) is 0 Å². The van der Waals surface area contributed by atoms with E-state index in [2.05, 4.69) is 22.6 Å². The Balaban J connectivity index is 2.50. The van der Waals surface area contributed by atoms with Crippen molar-refractivity contribution in [2.75, 3.05) is 14.2 Å². The van der Waals surface area contributed by atoms with Gasteiger partial charge in [-0.3, -0.25) is 4.79 Å². The topological polar surface area (TPSA) is 35.5 Å². The van der Waals surface area contributed by atoms with Crippen molar-refractivity contribution in [2.24, 2.45) is 0 Å². The minimum absolute atomic E-state index is 0.128. The fourth-order valence-corrected chi connectivity index (χ4v) is 2.56. The van der Waals surface area contributed by atoms with Crippen LogP contribution >= 0.6 is 34.2 Å². The van der Waals surface area contributed by atoms with E-state index >= 15 is 0 Å². The van der Waals surface area contributed by atoms with Crippen molar-refractivity contribution >= 4 is 40.0 Å². The Morgan fingerprint density at radius 1 is 1.05 bits per heavy atom. The summed E-state index contributed by atoms with van der Waals surface area (Å²) in [4.78, 5) is 12.6. The van der Waals surface area contributed by atoms with Crippen molar-refractivity contribution in [3.63, 3.8) is 0 Å². The minimum Gasteiger partial charge on any atom is -0.497 e. The fourth-order valence-electron chi connectivity index (χ4n) is 1.80. The fraction of sp³-hybridized carbons (Fsp3) is 0.133. The lowest BCUT2D eigenvalue weighted by atomic mass is 10.0.